The molecular formula is C15H10O5. The molecule has 0 fully saturated rings. The molecule has 5 nitrogen and oxygen atoms in total. The number of rotatable bonds is 1. The van der Waals surface area contributed by atoms with Gasteiger partial charge in [-0.05, 0) is 42.0 Å². The van der Waals surface area contributed by atoms with Crippen molar-refractivity contribution in [3.63, 3.8) is 0 Å². The number of phenolic OH excluding ortho intramolecular Hbond substituents is 3. The normalized spacial score (nSPS) is 15.2. The number of allylic oxidation sites excluding steroid dienone is 1. The van der Waals surface area contributed by atoms with Crippen LogP contribution in [-0.4, -0.2) is 21.1 Å². The first-order valence-electron chi connectivity index (χ1n) is 5.84. The number of hydrogen-bond donors (Lipinski definition) is 3. The van der Waals surface area contributed by atoms with Crippen molar-refractivity contribution in [3.8, 4) is 23.0 Å². The van der Waals surface area contributed by atoms with Crippen LogP contribution in [-0.2, 0) is 0 Å². The van der Waals surface area contributed by atoms with E-state index in [4.69, 9.17) is 4.74 Å². The highest BCUT2D eigenvalue weighted by atomic mass is 16.5. The molecule has 0 atom stereocenters. The summed E-state index contributed by atoms with van der Waals surface area (Å²) in [5, 5.41) is 28.0. The molecule has 1 heterocycles. The lowest BCUT2D eigenvalue weighted by Gasteiger charge is -2.00. The maximum absolute atomic E-state index is 12.1. The van der Waals surface area contributed by atoms with Gasteiger partial charge in [0.15, 0.2) is 17.3 Å². The van der Waals surface area contributed by atoms with Gasteiger partial charge in [-0.3, -0.25) is 4.79 Å². The lowest BCUT2D eigenvalue weighted by atomic mass is 10.1. The number of benzene rings is 2. The molecule has 0 spiro atoms. The van der Waals surface area contributed by atoms with Gasteiger partial charge in [0.25, 0.3) is 0 Å². The van der Waals surface area contributed by atoms with Gasteiger partial charge in [0.1, 0.15) is 11.5 Å². The van der Waals surface area contributed by atoms with Crippen LogP contribution in [0.3, 0.4) is 0 Å². The molecule has 0 aromatic heterocycles. The number of aromatic hydroxyl groups is 3. The molecule has 1 aliphatic heterocycles. The van der Waals surface area contributed by atoms with Gasteiger partial charge in [-0.2, -0.15) is 0 Å². The average molecular weight is 270 g/mol. The van der Waals surface area contributed by atoms with Crippen LogP contribution in [0.15, 0.2) is 42.2 Å². The monoisotopic (exact) mass is 270 g/mol. The fourth-order valence-corrected chi connectivity index (χ4v) is 1.96. The Morgan fingerprint density at radius 1 is 0.950 bits per heavy atom. The minimum Gasteiger partial charge on any atom is -0.508 e. The number of hydrogen-bond acceptors (Lipinski definition) is 5. The third kappa shape index (κ3) is 1.95. The van der Waals surface area contributed by atoms with Gasteiger partial charge in [0.05, 0.1) is 5.56 Å². The largest absolute Gasteiger partial charge is 0.508 e. The maximum Gasteiger partial charge on any atom is 0.232 e. The molecule has 2 aromatic carbocycles. The first-order chi connectivity index (χ1) is 9.54. The molecule has 0 amide bonds. The van der Waals surface area contributed by atoms with E-state index in [9.17, 15) is 20.1 Å². The van der Waals surface area contributed by atoms with E-state index in [1.54, 1.807) is 6.07 Å². The molecule has 1 aliphatic rings. The third-order valence-corrected chi connectivity index (χ3v) is 2.95. The fourth-order valence-electron chi connectivity index (χ4n) is 1.96. The second-order valence-electron chi connectivity index (χ2n) is 4.37. The topological polar surface area (TPSA) is 87.0 Å². The number of fused-ring (bicyclic) bond motifs is 1. The Bertz CT molecular complexity index is 746. The van der Waals surface area contributed by atoms with Crippen LogP contribution in [0.4, 0.5) is 0 Å². The second-order valence-corrected chi connectivity index (χ2v) is 4.37. The predicted molar refractivity (Wildman–Crippen MR) is 70.8 cm³/mol. The van der Waals surface area contributed by atoms with Gasteiger partial charge in [0, 0.05) is 0 Å². The minimum atomic E-state index is -0.344. The zero-order chi connectivity index (χ0) is 14.3. The van der Waals surface area contributed by atoms with Crippen molar-refractivity contribution in [2.75, 3.05) is 0 Å². The highest BCUT2D eigenvalue weighted by Crippen LogP contribution is 2.34. The summed E-state index contributed by atoms with van der Waals surface area (Å²) in [6.45, 7) is 0. The second kappa shape index (κ2) is 4.31. The van der Waals surface area contributed by atoms with Gasteiger partial charge in [-0.15, -0.1) is 0 Å². The highest BCUT2D eigenvalue weighted by Gasteiger charge is 2.27. The number of phenols is 3. The summed E-state index contributed by atoms with van der Waals surface area (Å²) in [6.07, 6.45) is 1.46. The van der Waals surface area contributed by atoms with Crippen molar-refractivity contribution in [1.82, 2.24) is 0 Å². The fraction of sp³-hybridized carbons (Fsp3) is 0. The van der Waals surface area contributed by atoms with Gasteiger partial charge < -0.3 is 20.1 Å². The van der Waals surface area contributed by atoms with Crippen LogP contribution in [0, 0.1) is 0 Å². The van der Waals surface area contributed by atoms with Crippen molar-refractivity contribution in [3.05, 3.63) is 53.3 Å². The zero-order valence-electron chi connectivity index (χ0n) is 10.2. The molecule has 3 N–H and O–H groups in total. The molecule has 0 radical (unpaired) electrons. The summed E-state index contributed by atoms with van der Waals surface area (Å²) in [6, 6.07) is 8.46. The molecule has 0 saturated heterocycles. The van der Waals surface area contributed by atoms with Crippen LogP contribution in [0.1, 0.15) is 15.9 Å². The molecule has 100 valence electrons. The average Bonchev–Trinajstić information content (AvgIpc) is 2.71. The van der Waals surface area contributed by atoms with Crippen LogP contribution in [0.2, 0.25) is 0 Å². The molecule has 0 aliphatic carbocycles. The number of ketones is 1. The van der Waals surface area contributed by atoms with Crippen LogP contribution >= 0.6 is 0 Å². The molecule has 5 heteroatoms. The van der Waals surface area contributed by atoms with E-state index in [1.165, 1.54) is 36.4 Å². The molecule has 3 rings (SSSR count). The SMILES string of the molecule is O=C1/C(=C\c2ccc(O)c(O)c2)Oc2ccc(O)cc21. The maximum atomic E-state index is 12.1. The van der Waals surface area contributed by atoms with Crippen LogP contribution < -0.4 is 4.74 Å². The Labute approximate surface area is 114 Å². The Hall–Kier alpha value is -2.95. The summed E-state index contributed by atoms with van der Waals surface area (Å²) in [5.74, 6) is -0.399. The zero-order valence-corrected chi connectivity index (χ0v) is 10.2. The van der Waals surface area contributed by atoms with E-state index < -0.39 is 0 Å². The number of ether oxygens (including phenoxy) is 1. The van der Waals surface area contributed by atoms with Crippen molar-refractivity contribution in [1.29, 1.82) is 0 Å². The van der Waals surface area contributed by atoms with E-state index in [-0.39, 0.29) is 28.8 Å². The third-order valence-electron chi connectivity index (χ3n) is 2.95. The van der Waals surface area contributed by atoms with Crippen LogP contribution in [0.5, 0.6) is 23.0 Å². The van der Waals surface area contributed by atoms with E-state index in [0.29, 0.717) is 16.9 Å². The Morgan fingerprint density at radius 3 is 2.50 bits per heavy atom. The summed E-state index contributed by atoms with van der Waals surface area (Å²) in [4.78, 5) is 12.1. The van der Waals surface area contributed by atoms with Crippen molar-refractivity contribution >= 4 is 11.9 Å². The minimum absolute atomic E-state index is 0.00997. The van der Waals surface area contributed by atoms with Gasteiger partial charge in [-0.1, -0.05) is 6.07 Å². The molecule has 2 aromatic rings. The first kappa shape index (κ1) is 12.1. The number of Topliss-reactive ketones (excluding diaryl/α,β-unsaturated/α-hetero) is 1. The quantitative estimate of drug-likeness (QED) is 0.547. The number of carbonyl (C=O) groups is 1. The lowest BCUT2D eigenvalue weighted by molar-refractivity contribution is 0.101. The summed E-state index contributed by atoms with van der Waals surface area (Å²) >= 11 is 0. The molecule has 0 bridgehead atoms. The van der Waals surface area contributed by atoms with E-state index in [2.05, 4.69) is 0 Å². The van der Waals surface area contributed by atoms with Crippen molar-refractivity contribution < 1.29 is 24.9 Å². The molecule has 20 heavy (non-hydrogen) atoms. The van der Waals surface area contributed by atoms with Crippen molar-refractivity contribution in [2.24, 2.45) is 0 Å². The summed E-state index contributed by atoms with van der Waals surface area (Å²) in [7, 11) is 0. The predicted octanol–water partition coefficient (Wildman–Crippen LogP) is 2.42. The first-order valence-corrected chi connectivity index (χ1v) is 5.84. The highest BCUT2D eigenvalue weighted by molar-refractivity contribution is 6.14. The molecule has 0 saturated carbocycles. The van der Waals surface area contributed by atoms with Gasteiger partial charge >= 0.3 is 0 Å². The lowest BCUT2D eigenvalue weighted by Crippen LogP contribution is -1.97. The van der Waals surface area contributed by atoms with Crippen LogP contribution in [0.25, 0.3) is 6.08 Å². The molecule has 0 unspecified atom stereocenters. The van der Waals surface area contributed by atoms with Crippen molar-refractivity contribution in [2.45, 2.75) is 0 Å². The van der Waals surface area contributed by atoms with E-state index in [0.717, 1.165) is 0 Å². The summed E-state index contributed by atoms with van der Waals surface area (Å²) < 4.78 is 5.40. The summed E-state index contributed by atoms with van der Waals surface area (Å²) in [5.41, 5.74) is 0.805. The van der Waals surface area contributed by atoms with Gasteiger partial charge in [0.2, 0.25) is 5.78 Å². The Morgan fingerprint density at radius 2 is 1.75 bits per heavy atom. The van der Waals surface area contributed by atoms with E-state index in [1.807, 2.05) is 0 Å². The number of carbonyl (C=O) groups excluding carboxylic acids is 1. The van der Waals surface area contributed by atoms with E-state index >= 15 is 0 Å². The Kier molecular flexibility index (Phi) is 2.61. The Balaban J connectivity index is 1.99. The smallest absolute Gasteiger partial charge is 0.232 e. The standard InChI is InChI=1S/C15H10O5/c16-9-2-4-13-10(7-9)15(19)14(20-13)6-8-1-3-11(17)12(18)5-8/h1-7,16-18H/b14-6+. The van der Waals surface area contributed by atoms with Gasteiger partial charge in [-0.25, -0.2) is 0 Å². The molecular weight excluding hydrogens is 260 g/mol.